The summed E-state index contributed by atoms with van der Waals surface area (Å²) in [6, 6.07) is 35.2. The van der Waals surface area contributed by atoms with E-state index < -0.39 is 44.1 Å². The van der Waals surface area contributed by atoms with Crippen LogP contribution < -0.4 is 23.7 Å². The van der Waals surface area contributed by atoms with Crippen molar-refractivity contribution < 1.29 is 64.0 Å². The molecule has 0 spiro atoms. The number of benzene rings is 6. The minimum atomic E-state index is -4.88. The Labute approximate surface area is 361 Å². The molecule has 0 aliphatic heterocycles. The number of aromatic carboxylic acids is 2. The second-order valence-corrected chi connectivity index (χ2v) is 16.9. The van der Waals surface area contributed by atoms with Gasteiger partial charge in [0, 0.05) is 6.07 Å². The van der Waals surface area contributed by atoms with Gasteiger partial charge in [0.1, 0.15) is 5.75 Å². The van der Waals surface area contributed by atoms with Crippen LogP contribution >= 0.6 is 0 Å². The third-order valence-corrected chi connectivity index (χ3v) is 12.1. The van der Waals surface area contributed by atoms with E-state index in [0.29, 0.717) is 59.6 Å². The first-order valence-corrected chi connectivity index (χ1v) is 21.8. The summed E-state index contributed by atoms with van der Waals surface area (Å²) in [4.78, 5) is 22.6. The maximum atomic E-state index is 13.0. The molecule has 0 atom stereocenters. The van der Waals surface area contributed by atoms with Crippen LogP contribution in [-0.2, 0) is 45.7 Å². The Hall–Kier alpha value is -7.05. The summed E-state index contributed by atoms with van der Waals surface area (Å²) in [6.07, 6.45) is -3.23. The number of nitrogens with one attached hydrogen (secondary N) is 2. The summed E-state index contributed by atoms with van der Waals surface area (Å²) >= 11 is 0. The number of carbonyl (C=O) groups is 2. The minimum Gasteiger partial charge on any atom is -0.493 e. The molecule has 4 N–H and O–H groups in total. The van der Waals surface area contributed by atoms with E-state index in [1.807, 2.05) is 12.1 Å². The van der Waals surface area contributed by atoms with Gasteiger partial charge < -0.3 is 24.4 Å². The second-order valence-electron chi connectivity index (χ2n) is 13.5. The molecule has 0 heterocycles. The van der Waals surface area contributed by atoms with Crippen LogP contribution in [0.25, 0.3) is 0 Å². The highest BCUT2D eigenvalue weighted by Crippen LogP contribution is 2.31. The van der Waals surface area contributed by atoms with E-state index in [1.165, 1.54) is 38.5 Å². The molecule has 6 rings (SSSR count). The first-order chi connectivity index (χ1) is 29.9. The monoisotopic (exact) mass is 906 g/mol. The van der Waals surface area contributed by atoms with Gasteiger partial charge in [-0.3, -0.25) is 9.44 Å². The number of rotatable bonds is 17. The zero-order chi connectivity index (χ0) is 45.8. The van der Waals surface area contributed by atoms with Gasteiger partial charge in [-0.15, -0.1) is 13.2 Å². The van der Waals surface area contributed by atoms with Crippen LogP contribution in [0.4, 0.5) is 24.5 Å². The van der Waals surface area contributed by atoms with Crippen molar-refractivity contribution >= 4 is 43.4 Å². The standard InChI is InChI=1S/C23H23NO6S.C22H18F3NO5S/c1-29-21-14-13-18(15-22(21)30-2)31(27,28)24-20-10-6-4-8-17(20)12-11-16-7-3-5-9-19(16)23(25)26;23-22(24,25)31-17-11-13-18(14-12-17)32(29,30)26-20-8-4-2-6-16(20)10-9-15-5-1-3-7-19(15)21(27)28/h3-10,13-15,24H,11-12H2,1-2H3,(H,25,26);1-8,11-14,26H,9-10H2,(H,27,28). The number of para-hydroxylation sites is 2. The van der Waals surface area contributed by atoms with E-state index in [2.05, 4.69) is 14.2 Å². The molecule has 0 aliphatic rings. The van der Waals surface area contributed by atoms with Gasteiger partial charge >= 0.3 is 18.3 Å². The van der Waals surface area contributed by atoms with Crippen LogP contribution in [0.5, 0.6) is 17.2 Å². The summed E-state index contributed by atoms with van der Waals surface area (Å²) < 4.78 is 107. The van der Waals surface area contributed by atoms with Crippen molar-refractivity contribution in [3.05, 3.63) is 173 Å². The van der Waals surface area contributed by atoms with Crippen LogP contribution in [0.3, 0.4) is 0 Å². The molecule has 6 aromatic rings. The SMILES string of the molecule is COc1ccc(S(=O)(=O)Nc2ccccc2CCc2ccccc2C(=O)O)cc1OC.O=C(O)c1ccccc1CCc1ccccc1NS(=O)(=O)c1ccc(OC(F)(F)F)cc1. The minimum absolute atomic E-state index is 0.0381. The van der Waals surface area contributed by atoms with Gasteiger partial charge in [-0.25, -0.2) is 26.4 Å². The number of hydrogen-bond donors (Lipinski definition) is 4. The third-order valence-electron chi connectivity index (χ3n) is 9.38. The molecular weight excluding hydrogens is 866 g/mol. The van der Waals surface area contributed by atoms with Crippen molar-refractivity contribution in [1.29, 1.82) is 0 Å². The average Bonchev–Trinajstić information content (AvgIpc) is 3.25. The van der Waals surface area contributed by atoms with E-state index >= 15 is 0 Å². The second kappa shape index (κ2) is 20.7. The molecule has 0 radical (unpaired) electrons. The van der Waals surface area contributed by atoms with E-state index in [4.69, 9.17) is 9.47 Å². The highest BCUT2D eigenvalue weighted by atomic mass is 32.2. The summed E-state index contributed by atoms with van der Waals surface area (Å²) in [5.74, 6) is -1.83. The number of hydrogen-bond acceptors (Lipinski definition) is 9. The Balaban J connectivity index is 0.000000238. The van der Waals surface area contributed by atoms with E-state index in [-0.39, 0.29) is 26.6 Å². The first-order valence-electron chi connectivity index (χ1n) is 18.8. The first kappa shape index (κ1) is 47.0. The molecule has 330 valence electrons. The van der Waals surface area contributed by atoms with Gasteiger partial charge in [-0.05, 0) is 109 Å². The molecule has 18 heteroatoms. The third kappa shape index (κ3) is 13.0. The Kier molecular flexibility index (Phi) is 15.4. The Morgan fingerprint density at radius 3 is 1.33 bits per heavy atom. The highest BCUT2D eigenvalue weighted by Gasteiger charge is 2.31. The number of methoxy groups -OCH3 is 2. The van der Waals surface area contributed by atoms with Gasteiger partial charge in [0.2, 0.25) is 0 Å². The zero-order valence-electron chi connectivity index (χ0n) is 33.6. The van der Waals surface area contributed by atoms with Crippen LogP contribution in [0.2, 0.25) is 0 Å². The van der Waals surface area contributed by atoms with Gasteiger partial charge in [0.25, 0.3) is 20.0 Å². The molecular formula is C45H41F3N2O11S2. The number of halogens is 3. The molecule has 0 aromatic heterocycles. The largest absolute Gasteiger partial charge is 0.573 e. The molecule has 13 nitrogen and oxygen atoms in total. The lowest BCUT2D eigenvalue weighted by atomic mass is 9.99. The maximum absolute atomic E-state index is 13.0. The van der Waals surface area contributed by atoms with Crippen molar-refractivity contribution in [2.45, 2.75) is 41.8 Å². The molecule has 0 saturated heterocycles. The molecule has 0 fully saturated rings. The van der Waals surface area contributed by atoms with Gasteiger partial charge in [-0.2, -0.15) is 0 Å². The highest BCUT2D eigenvalue weighted by molar-refractivity contribution is 7.93. The van der Waals surface area contributed by atoms with Crippen molar-refractivity contribution in [2.24, 2.45) is 0 Å². The lowest BCUT2D eigenvalue weighted by Crippen LogP contribution is -2.17. The molecule has 0 unspecified atom stereocenters. The number of anilines is 2. The number of alkyl halides is 3. The summed E-state index contributed by atoms with van der Waals surface area (Å²) in [5.41, 5.74) is 3.82. The number of carboxylic acids is 2. The Morgan fingerprint density at radius 1 is 0.524 bits per heavy atom. The van der Waals surface area contributed by atoms with Crippen LogP contribution in [-0.4, -0.2) is 59.6 Å². The van der Waals surface area contributed by atoms with Crippen LogP contribution in [0, 0.1) is 0 Å². The van der Waals surface area contributed by atoms with Crippen LogP contribution in [0.1, 0.15) is 43.0 Å². The Morgan fingerprint density at radius 2 is 0.905 bits per heavy atom. The quantitative estimate of drug-likeness (QED) is 0.0683. The smallest absolute Gasteiger partial charge is 0.493 e. The van der Waals surface area contributed by atoms with Crippen molar-refractivity contribution in [1.82, 2.24) is 0 Å². The molecule has 6 aromatic carbocycles. The van der Waals surface area contributed by atoms with Crippen molar-refractivity contribution in [3.8, 4) is 17.2 Å². The van der Waals surface area contributed by atoms with Crippen LogP contribution in [0.15, 0.2) is 149 Å². The number of carboxylic acid groups (broad SMARTS) is 2. The topological polar surface area (TPSA) is 195 Å². The average molecular weight is 907 g/mol. The fourth-order valence-corrected chi connectivity index (χ4v) is 8.54. The summed E-state index contributed by atoms with van der Waals surface area (Å²) in [5, 5.41) is 18.7. The molecule has 0 amide bonds. The lowest BCUT2D eigenvalue weighted by Gasteiger charge is -2.14. The summed E-state index contributed by atoms with van der Waals surface area (Å²) in [6.45, 7) is 0. The number of aryl methyl sites for hydroxylation is 4. The van der Waals surface area contributed by atoms with Gasteiger partial charge in [0.15, 0.2) is 11.5 Å². The molecule has 0 aliphatic carbocycles. The predicted octanol–water partition coefficient (Wildman–Crippen LogP) is 8.86. The molecule has 0 saturated carbocycles. The van der Waals surface area contributed by atoms with E-state index in [1.54, 1.807) is 78.9 Å². The lowest BCUT2D eigenvalue weighted by molar-refractivity contribution is -0.274. The van der Waals surface area contributed by atoms with E-state index in [9.17, 15) is 49.8 Å². The normalized spacial score (nSPS) is 11.4. The van der Waals surface area contributed by atoms with E-state index in [0.717, 1.165) is 29.8 Å². The van der Waals surface area contributed by atoms with Gasteiger partial charge in [0.05, 0.1) is 46.5 Å². The molecule has 0 bridgehead atoms. The maximum Gasteiger partial charge on any atom is 0.573 e. The summed E-state index contributed by atoms with van der Waals surface area (Å²) in [7, 11) is -5.05. The number of ether oxygens (including phenoxy) is 3. The Bertz CT molecular complexity index is 2780. The van der Waals surface area contributed by atoms with Crippen molar-refractivity contribution in [2.75, 3.05) is 23.7 Å². The van der Waals surface area contributed by atoms with Gasteiger partial charge in [-0.1, -0.05) is 72.8 Å². The predicted molar refractivity (Wildman–Crippen MR) is 229 cm³/mol. The molecule has 63 heavy (non-hydrogen) atoms. The fourth-order valence-electron chi connectivity index (χ4n) is 6.32. The number of sulfonamides is 2. The fraction of sp³-hybridized carbons (Fsp3) is 0.156. The van der Waals surface area contributed by atoms with Crippen molar-refractivity contribution in [3.63, 3.8) is 0 Å². The zero-order valence-corrected chi connectivity index (χ0v) is 35.3.